The third kappa shape index (κ3) is 8.59. The van der Waals surface area contributed by atoms with E-state index in [9.17, 15) is 0 Å². The number of thiophene rings is 2. The molecule has 7 nitrogen and oxygen atoms in total. The summed E-state index contributed by atoms with van der Waals surface area (Å²) in [6.45, 7) is 7.80. The topological polar surface area (TPSA) is 70.2 Å². The Morgan fingerprint density at radius 1 is 0.586 bits per heavy atom. The van der Waals surface area contributed by atoms with E-state index in [1.54, 1.807) is 22.7 Å². The molecule has 1 aliphatic heterocycles. The van der Waals surface area contributed by atoms with Crippen LogP contribution in [0.2, 0.25) is 0 Å². The molecule has 2 N–H and O–H groups in total. The van der Waals surface area contributed by atoms with Crippen molar-refractivity contribution in [1.29, 1.82) is 0 Å². The number of fused-ring (bicyclic) bond motifs is 2. The van der Waals surface area contributed by atoms with Gasteiger partial charge in [0.05, 0.1) is 49.4 Å². The average Bonchev–Trinajstić information content (AvgIpc) is 3.36. The zero-order valence-electron chi connectivity index (χ0n) is 16.7. The van der Waals surface area contributed by atoms with Crippen LogP contribution in [0.5, 0.6) is 11.5 Å². The first-order valence-electron chi connectivity index (χ1n) is 9.96. The summed E-state index contributed by atoms with van der Waals surface area (Å²) in [6.07, 6.45) is 0. The number of hydrogen-bond acceptors (Lipinski definition) is 9. The molecule has 0 saturated heterocycles. The summed E-state index contributed by atoms with van der Waals surface area (Å²) >= 11 is 3.39. The van der Waals surface area contributed by atoms with Crippen LogP contribution in [0.25, 0.3) is 0 Å². The van der Waals surface area contributed by atoms with Crippen molar-refractivity contribution in [3.05, 3.63) is 32.6 Å². The maximum atomic E-state index is 5.83. The second-order valence-corrected chi connectivity index (χ2v) is 8.30. The van der Waals surface area contributed by atoms with Crippen molar-refractivity contribution < 1.29 is 23.7 Å². The lowest BCUT2D eigenvalue weighted by molar-refractivity contribution is 0.0273. The molecule has 0 fully saturated rings. The maximum absolute atomic E-state index is 5.83. The predicted molar refractivity (Wildman–Crippen MR) is 115 cm³/mol. The van der Waals surface area contributed by atoms with Gasteiger partial charge in [0.25, 0.3) is 0 Å². The third-order valence-electron chi connectivity index (χ3n) is 4.17. The van der Waals surface area contributed by atoms with Crippen LogP contribution in [0, 0.1) is 0 Å². The molecule has 0 unspecified atom stereocenters. The quantitative estimate of drug-likeness (QED) is 0.650. The molecule has 2 aromatic rings. The Kier molecular flexibility index (Phi) is 10.8. The van der Waals surface area contributed by atoms with Gasteiger partial charge in [0.15, 0.2) is 0 Å². The van der Waals surface area contributed by atoms with Crippen LogP contribution in [0.15, 0.2) is 22.9 Å². The summed E-state index contributed by atoms with van der Waals surface area (Å²) in [5, 5.41) is 10.9. The summed E-state index contributed by atoms with van der Waals surface area (Å²) in [5.41, 5.74) is 0. The van der Waals surface area contributed by atoms with Crippen LogP contribution in [0.4, 0.5) is 0 Å². The lowest BCUT2D eigenvalue weighted by Gasteiger charge is -2.10. The summed E-state index contributed by atoms with van der Waals surface area (Å²) in [4.78, 5) is 2.39. The van der Waals surface area contributed by atoms with Crippen LogP contribution in [-0.2, 0) is 27.3 Å². The van der Waals surface area contributed by atoms with Gasteiger partial charge in [-0.2, -0.15) is 0 Å². The first-order chi connectivity index (χ1) is 14.4. The zero-order valence-corrected chi connectivity index (χ0v) is 18.3. The standard InChI is InChI=1S/C20H30N2O5S2/c1-13-28-19-15-21-3-5-23-6-4-22-16-20-18(2-14-29-20)27-12-10-25-8-7-24-9-11-26-17(1)19/h1-2,13-14,21-22H,3-12,15-16H2. The molecule has 9 heteroatoms. The summed E-state index contributed by atoms with van der Waals surface area (Å²) in [7, 11) is 0. The maximum Gasteiger partial charge on any atom is 0.134 e. The van der Waals surface area contributed by atoms with Crippen LogP contribution >= 0.6 is 22.7 Å². The molecule has 2 aromatic heterocycles. The molecular formula is C20H30N2O5S2. The van der Waals surface area contributed by atoms with E-state index in [0.717, 1.165) is 37.7 Å². The molecule has 0 aliphatic carbocycles. The highest BCUT2D eigenvalue weighted by Crippen LogP contribution is 2.25. The van der Waals surface area contributed by atoms with E-state index >= 15 is 0 Å². The molecule has 1 aliphatic rings. The Morgan fingerprint density at radius 2 is 1.03 bits per heavy atom. The number of hydrogen-bond donors (Lipinski definition) is 2. The van der Waals surface area contributed by atoms with Gasteiger partial charge in [-0.15, -0.1) is 22.7 Å². The average molecular weight is 443 g/mol. The minimum absolute atomic E-state index is 0.532. The van der Waals surface area contributed by atoms with Crippen LogP contribution < -0.4 is 20.1 Å². The molecule has 0 amide bonds. The molecule has 3 rings (SSSR count). The van der Waals surface area contributed by atoms with E-state index in [4.69, 9.17) is 23.7 Å². The van der Waals surface area contributed by atoms with E-state index in [-0.39, 0.29) is 0 Å². The Bertz CT molecular complexity index is 623. The van der Waals surface area contributed by atoms with Crippen molar-refractivity contribution in [1.82, 2.24) is 10.6 Å². The zero-order chi connectivity index (χ0) is 20.0. The van der Waals surface area contributed by atoms with E-state index < -0.39 is 0 Å². The van der Waals surface area contributed by atoms with Crippen LogP contribution in [0.3, 0.4) is 0 Å². The lowest BCUT2D eigenvalue weighted by atomic mass is 10.4. The van der Waals surface area contributed by atoms with Gasteiger partial charge in [-0.25, -0.2) is 0 Å². The van der Waals surface area contributed by atoms with E-state index in [0.29, 0.717) is 52.9 Å². The normalized spacial score (nSPS) is 19.3. The summed E-state index contributed by atoms with van der Waals surface area (Å²) in [5.74, 6) is 1.85. The fraction of sp³-hybridized carbons (Fsp3) is 0.600. The molecule has 0 aromatic carbocycles. The lowest BCUT2D eigenvalue weighted by Crippen LogP contribution is -2.23. The van der Waals surface area contributed by atoms with Gasteiger partial charge in [0.2, 0.25) is 0 Å². The Hall–Kier alpha value is -1.20. The number of rotatable bonds is 0. The SMILES string of the molecule is c1cc2c(s1)CNCCOCCNCc1sccc1OCCOCCOCCO2. The van der Waals surface area contributed by atoms with Crippen molar-refractivity contribution in [2.24, 2.45) is 0 Å². The number of nitrogens with one attached hydrogen (secondary N) is 2. The molecular weight excluding hydrogens is 412 g/mol. The van der Waals surface area contributed by atoms with Crippen molar-refractivity contribution in [3.63, 3.8) is 0 Å². The molecule has 0 spiro atoms. The molecule has 3 heterocycles. The van der Waals surface area contributed by atoms with Gasteiger partial charge in [-0.05, 0) is 22.9 Å². The van der Waals surface area contributed by atoms with Crippen LogP contribution in [-0.4, -0.2) is 65.9 Å². The molecule has 0 atom stereocenters. The second-order valence-electron chi connectivity index (χ2n) is 6.30. The van der Waals surface area contributed by atoms with Crippen molar-refractivity contribution in [2.75, 3.05) is 65.9 Å². The van der Waals surface area contributed by atoms with Crippen LogP contribution in [0.1, 0.15) is 9.75 Å². The predicted octanol–water partition coefficient (Wildman–Crippen LogP) is 2.51. The van der Waals surface area contributed by atoms with E-state index in [2.05, 4.69) is 10.6 Å². The van der Waals surface area contributed by atoms with Gasteiger partial charge >= 0.3 is 0 Å². The third-order valence-corrected chi connectivity index (χ3v) is 5.97. The first-order valence-corrected chi connectivity index (χ1v) is 11.7. The highest BCUT2D eigenvalue weighted by molar-refractivity contribution is 7.10. The monoisotopic (exact) mass is 442 g/mol. The largest absolute Gasteiger partial charge is 0.490 e. The smallest absolute Gasteiger partial charge is 0.134 e. The van der Waals surface area contributed by atoms with Crippen molar-refractivity contribution in [2.45, 2.75) is 13.1 Å². The van der Waals surface area contributed by atoms with Gasteiger partial charge in [-0.1, -0.05) is 0 Å². The van der Waals surface area contributed by atoms with Crippen molar-refractivity contribution >= 4 is 22.7 Å². The fourth-order valence-corrected chi connectivity index (χ4v) is 4.28. The molecule has 0 bridgehead atoms. The fourth-order valence-electron chi connectivity index (χ4n) is 2.71. The summed E-state index contributed by atoms with van der Waals surface area (Å²) in [6, 6.07) is 4.01. The Balaban J connectivity index is 1.42. The highest BCUT2D eigenvalue weighted by Gasteiger charge is 2.07. The molecule has 29 heavy (non-hydrogen) atoms. The molecule has 0 radical (unpaired) electrons. The molecule has 0 saturated carbocycles. The first kappa shape index (κ1) is 22.5. The second kappa shape index (κ2) is 13.9. The summed E-state index contributed by atoms with van der Waals surface area (Å²) < 4.78 is 28.5. The van der Waals surface area contributed by atoms with Crippen molar-refractivity contribution in [3.8, 4) is 11.5 Å². The van der Waals surface area contributed by atoms with Gasteiger partial charge in [-0.3, -0.25) is 0 Å². The van der Waals surface area contributed by atoms with Gasteiger partial charge in [0, 0.05) is 26.2 Å². The van der Waals surface area contributed by atoms with Gasteiger partial charge < -0.3 is 34.3 Å². The Morgan fingerprint density at radius 3 is 1.55 bits per heavy atom. The Labute approximate surface area is 180 Å². The number of ether oxygens (including phenoxy) is 5. The van der Waals surface area contributed by atoms with E-state index in [1.807, 2.05) is 22.9 Å². The molecule has 162 valence electrons. The van der Waals surface area contributed by atoms with Gasteiger partial charge in [0.1, 0.15) is 24.7 Å². The highest BCUT2D eigenvalue weighted by atomic mass is 32.1. The minimum atomic E-state index is 0.532. The van der Waals surface area contributed by atoms with E-state index in [1.165, 1.54) is 9.75 Å². The minimum Gasteiger partial charge on any atom is -0.490 e.